The van der Waals surface area contributed by atoms with Gasteiger partial charge in [-0.2, -0.15) is 4.31 Å². The number of rotatable bonds is 8. The highest BCUT2D eigenvalue weighted by molar-refractivity contribution is 7.88. The molecule has 0 bridgehead atoms. The Morgan fingerprint density at radius 1 is 1.38 bits per heavy atom. The minimum Gasteiger partial charge on any atom is -0.396 e. The Labute approximate surface area is 128 Å². The highest BCUT2D eigenvalue weighted by Crippen LogP contribution is 2.20. The number of hydrogen-bond acceptors (Lipinski definition) is 4. The first-order valence-corrected chi connectivity index (χ1v) is 9.60. The number of carbonyl (C=O) groups is 1. The van der Waals surface area contributed by atoms with Gasteiger partial charge < -0.3 is 10.4 Å². The fourth-order valence-electron chi connectivity index (χ4n) is 2.87. The van der Waals surface area contributed by atoms with Crippen LogP contribution >= 0.6 is 0 Å². The van der Waals surface area contributed by atoms with Crippen molar-refractivity contribution in [2.75, 3.05) is 26.0 Å². The molecule has 1 rings (SSSR count). The van der Waals surface area contributed by atoms with E-state index in [9.17, 15) is 13.2 Å². The summed E-state index contributed by atoms with van der Waals surface area (Å²) in [6.07, 6.45) is 6.02. The van der Waals surface area contributed by atoms with E-state index in [0.717, 1.165) is 31.9 Å². The van der Waals surface area contributed by atoms with Crippen LogP contribution in [0.15, 0.2) is 0 Å². The quantitative estimate of drug-likeness (QED) is 0.690. The average Bonchev–Trinajstić information content (AvgIpc) is 2.44. The largest absolute Gasteiger partial charge is 0.396 e. The SMILES string of the molecule is CCCC(CCO)CNC(=O)C1CCCCN1S(C)(=O)=O. The van der Waals surface area contributed by atoms with E-state index in [-0.39, 0.29) is 18.4 Å². The number of nitrogens with zero attached hydrogens (tertiary/aromatic N) is 1. The molecule has 0 aromatic rings. The minimum atomic E-state index is -3.35. The normalized spacial score (nSPS) is 22.0. The van der Waals surface area contributed by atoms with Crippen LogP contribution in [0, 0.1) is 5.92 Å². The van der Waals surface area contributed by atoms with Gasteiger partial charge >= 0.3 is 0 Å². The van der Waals surface area contributed by atoms with Gasteiger partial charge in [0.2, 0.25) is 15.9 Å². The summed E-state index contributed by atoms with van der Waals surface area (Å²) in [6.45, 7) is 3.10. The van der Waals surface area contributed by atoms with Gasteiger partial charge in [0.25, 0.3) is 0 Å². The van der Waals surface area contributed by atoms with Gasteiger partial charge in [-0.3, -0.25) is 4.79 Å². The van der Waals surface area contributed by atoms with Crippen LogP contribution in [0.25, 0.3) is 0 Å². The van der Waals surface area contributed by atoms with E-state index in [2.05, 4.69) is 12.2 Å². The van der Waals surface area contributed by atoms with Crippen molar-refractivity contribution in [2.45, 2.75) is 51.5 Å². The Hall–Kier alpha value is -0.660. The molecule has 0 aromatic carbocycles. The minimum absolute atomic E-state index is 0.111. The fourth-order valence-corrected chi connectivity index (χ4v) is 3.99. The third-order valence-electron chi connectivity index (χ3n) is 3.98. The smallest absolute Gasteiger partial charge is 0.238 e. The molecule has 7 heteroatoms. The Morgan fingerprint density at radius 2 is 2.10 bits per heavy atom. The molecule has 1 aliphatic rings. The molecule has 1 saturated heterocycles. The highest BCUT2D eigenvalue weighted by atomic mass is 32.2. The summed E-state index contributed by atoms with van der Waals surface area (Å²) >= 11 is 0. The predicted octanol–water partition coefficient (Wildman–Crippen LogP) is 0.715. The number of carbonyl (C=O) groups excluding carboxylic acids is 1. The van der Waals surface area contributed by atoms with E-state index in [0.29, 0.717) is 25.9 Å². The van der Waals surface area contributed by atoms with E-state index >= 15 is 0 Å². The zero-order valence-corrected chi connectivity index (χ0v) is 13.9. The topological polar surface area (TPSA) is 86.7 Å². The van der Waals surface area contributed by atoms with Gasteiger partial charge in [0, 0.05) is 19.7 Å². The number of aliphatic hydroxyl groups excluding tert-OH is 1. The molecular weight excluding hydrogens is 292 g/mol. The number of hydrogen-bond donors (Lipinski definition) is 2. The van der Waals surface area contributed by atoms with Crippen molar-refractivity contribution in [1.29, 1.82) is 0 Å². The van der Waals surface area contributed by atoms with Crippen molar-refractivity contribution >= 4 is 15.9 Å². The molecule has 2 unspecified atom stereocenters. The first-order chi connectivity index (χ1) is 9.90. The van der Waals surface area contributed by atoms with Gasteiger partial charge in [0.15, 0.2) is 0 Å². The molecule has 2 N–H and O–H groups in total. The van der Waals surface area contributed by atoms with Crippen molar-refractivity contribution in [3.05, 3.63) is 0 Å². The van der Waals surface area contributed by atoms with Gasteiger partial charge in [-0.1, -0.05) is 19.8 Å². The monoisotopic (exact) mass is 320 g/mol. The molecule has 1 fully saturated rings. The summed E-state index contributed by atoms with van der Waals surface area (Å²) < 4.78 is 24.8. The maximum Gasteiger partial charge on any atom is 0.238 e. The van der Waals surface area contributed by atoms with Gasteiger partial charge in [-0.25, -0.2) is 8.42 Å². The number of sulfonamides is 1. The molecule has 0 aliphatic carbocycles. The average molecular weight is 320 g/mol. The van der Waals surface area contributed by atoms with Crippen LogP contribution in [0.4, 0.5) is 0 Å². The molecule has 1 amide bonds. The maximum atomic E-state index is 12.3. The lowest BCUT2D eigenvalue weighted by Gasteiger charge is -2.32. The molecular formula is C14H28N2O4S. The van der Waals surface area contributed by atoms with Crippen LogP contribution in [0.2, 0.25) is 0 Å². The van der Waals surface area contributed by atoms with Crippen molar-refractivity contribution < 1.29 is 18.3 Å². The van der Waals surface area contributed by atoms with Gasteiger partial charge in [-0.05, 0) is 31.6 Å². The first-order valence-electron chi connectivity index (χ1n) is 7.75. The molecule has 0 spiro atoms. The molecule has 6 nitrogen and oxygen atoms in total. The van der Waals surface area contributed by atoms with Crippen molar-refractivity contribution in [1.82, 2.24) is 9.62 Å². The molecule has 1 heterocycles. The Bertz CT molecular complexity index is 419. The van der Waals surface area contributed by atoms with E-state index in [4.69, 9.17) is 5.11 Å². The number of piperidine rings is 1. The maximum absolute atomic E-state index is 12.3. The molecule has 0 aromatic heterocycles. The first kappa shape index (κ1) is 18.4. The molecule has 0 radical (unpaired) electrons. The zero-order chi connectivity index (χ0) is 15.9. The van der Waals surface area contributed by atoms with E-state index < -0.39 is 16.1 Å². The van der Waals surface area contributed by atoms with Gasteiger partial charge in [-0.15, -0.1) is 0 Å². The second kappa shape index (κ2) is 8.70. The summed E-state index contributed by atoms with van der Waals surface area (Å²) in [5.41, 5.74) is 0. The molecule has 124 valence electrons. The van der Waals surface area contributed by atoms with Crippen LogP contribution in [0.5, 0.6) is 0 Å². The van der Waals surface area contributed by atoms with Crippen LogP contribution in [-0.4, -0.2) is 55.7 Å². The molecule has 21 heavy (non-hydrogen) atoms. The molecule has 2 atom stereocenters. The molecule has 0 saturated carbocycles. The lowest BCUT2D eigenvalue weighted by molar-refractivity contribution is -0.125. The van der Waals surface area contributed by atoms with Crippen LogP contribution in [0.1, 0.15) is 45.4 Å². The third-order valence-corrected chi connectivity index (χ3v) is 5.27. The van der Waals surface area contributed by atoms with Gasteiger partial charge in [0.1, 0.15) is 6.04 Å². The Kier molecular flexibility index (Phi) is 7.62. The zero-order valence-electron chi connectivity index (χ0n) is 13.0. The molecule has 1 aliphatic heterocycles. The number of nitrogens with one attached hydrogen (secondary N) is 1. The second-order valence-electron chi connectivity index (χ2n) is 5.80. The summed E-state index contributed by atoms with van der Waals surface area (Å²) in [7, 11) is -3.35. The highest BCUT2D eigenvalue weighted by Gasteiger charge is 2.34. The third kappa shape index (κ3) is 5.92. The van der Waals surface area contributed by atoms with E-state index in [1.807, 2.05) is 0 Å². The summed E-state index contributed by atoms with van der Waals surface area (Å²) in [5, 5.41) is 11.9. The Morgan fingerprint density at radius 3 is 2.67 bits per heavy atom. The predicted molar refractivity (Wildman–Crippen MR) is 82.3 cm³/mol. The fraction of sp³-hybridized carbons (Fsp3) is 0.929. The lowest BCUT2D eigenvalue weighted by Crippen LogP contribution is -2.52. The van der Waals surface area contributed by atoms with E-state index in [1.54, 1.807) is 0 Å². The summed E-state index contributed by atoms with van der Waals surface area (Å²) in [4.78, 5) is 12.3. The van der Waals surface area contributed by atoms with Crippen LogP contribution in [0.3, 0.4) is 0 Å². The number of aliphatic hydroxyl groups is 1. The lowest BCUT2D eigenvalue weighted by atomic mass is 9.99. The van der Waals surface area contributed by atoms with Crippen molar-refractivity contribution in [3.8, 4) is 0 Å². The van der Waals surface area contributed by atoms with Crippen LogP contribution < -0.4 is 5.32 Å². The summed E-state index contributed by atoms with van der Waals surface area (Å²) in [6, 6.07) is -0.579. The van der Waals surface area contributed by atoms with E-state index in [1.165, 1.54) is 4.31 Å². The Balaban J connectivity index is 2.59. The van der Waals surface area contributed by atoms with Crippen molar-refractivity contribution in [3.63, 3.8) is 0 Å². The van der Waals surface area contributed by atoms with Crippen molar-refractivity contribution in [2.24, 2.45) is 5.92 Å². The summed E-state index contributed by atoms with van der Waals surface area (Å²) in [5.74, 6) is 0.0402. The van der Waals surface area contributed by atoms with Gasteiger partial charge in [0.05, 0.1) is 6.26 Å². The standard InChI is InChI=1S/C14H28N2O4S/c1-3-6-12(8-10-17)11-15-14(18)13-7-4-5-9-16(13)21(2,19)20/h12-13,17H,3-11H2,1-2H3,(H,15,18). The van der Waals surface area contributed by atoms with Crippen LogP contribution in [-0.2, 0) is 14.8 Å². The number of amides is 1. The second-order valence-corrected chi connectivity index (χ2v) is 7.73.